The van der Waals surface area contributed by atoms with Gasteiger partial charge in [0.2, 0.25) is 0 Å². The third kappa shape index (κ3) is 2.38. The molecule has 0 bridgehead atoms. The molecule has 0 saturated carbocycles. The highest BCUT2D eigenvalue weighted by Gasteiger charge is 2.18. The largest absolute Gasteiger partial charge is 0.399 e. The van der Waals surface area contributed by atoms with Crippen molar-refractivity contribution in [3.05, 3.63) is 47.4 Å². The van der Waals surface area contributed by atoms with E-state index < -0.39 is 0 Å². The molecule has 98 valence electrons. The second kappa shape index (κ2) is 4.88. The minimum absolute atomic E-state index is 0.209. The Labute approximate surface area is 113 Å². The van der Waals surface area contributed by atoms with Crippen molar-refractivity contribution in [2.75, 3.05) is 11.1 Å². The molecule has 2 aromatic rings. The van der Waals surface area contributed by atoms with Gasteiger partial charge in [-0.1, -0.05) is 12.1 Å². The molecule has 0 fully saturated rings. The van der Waals surface area contributed by atoms with Gasteiger partial charge in [0, 0.05) is 23.0 Å². The van der Waals surface area contributed by atoms with E-state index in [1.165, 1.54) is 23.2 Å². The molecule has 1 unspecified atom stereocenters. The fourth-order valence-electron chi connectivity index (χ4n) is 2.56. The lowest BCUT2D eigenvalue weighted by Crippen LogP contribution is -2.10. The first-order valence-electron chi connectivity index (χ1n) is 6.69. The number of nitrogen functional groups attached to an aromatic ring is 1. The number of aromatic nitrogens is 2. The predicted octanol–water partition coefficient (Wildman–Crippen LogP) is 2.72. The second-order valence-corrected chi connectivity index (χ2v) is 5.03. The molecular weight excluding hydrogens is 236 g/mol. The van der Waals surface area contributed by atoms with E-state index in [2.05, 4.69) is 34.3 Å². The summed E-state index contributed by atoms with van der Waals surface area (Å²) in [6, 6.07) is 8.17. The molecule has 0 aliphatic heterocycles. The second-order valence-electron chi connectivity index (χ2n) is 5.03. The molecule has 3 rings (SSSR count). The summed E-state index contributed by atoms with van der Waals surface area (Å²) in [6.07, 6.45) is 4.98. The molecule has 1 aromatic carbocycles. The van der Waals surface area contributed by atoms with E-state index in [1.54, 1.807) is 6.33 Å². The van der Waals surface area contributed by atoms with Crippen LogP contribution in [0.15, 0.2) is 30.6 Å². The van der Waals surface area contributed by atoms with Crippen molar-refractivity contribution in [3.8, 4) is 0 Å². The van der Waals surface area contributed by atoms with Crippen molar-refractivity contribution >= 4 is 11.5 Å². The number of nitrogens with two attached hydrogens (primary N) is 1. The summed E-state index contributed by atoms with van der Waals surface area (Å²) in [6.45, 7) is 2.13. The minimum atomic E-state index is 0.209. The van der Waals surface area contributed by atoms with Crippen LogP contribution < -0.4 is 11.1 Å². The number of hydrogen-bond donors (Lipinski definition) is 2. The van der Waals surface area contributed by atoms with Gasteiger partial charge in [0.25, 0.3) is 0 Å². The van der Waals surface area contributed by atoms with Gasteiger partial charge < -0.3 is 11.1 Å². The molecule has 1 aliphatic carbocycles. The van der Waals surface area contributed by atoms with E-state index in [0.29, 0.717) is 0 Å². The highest BCUT2D eigenvalue weighted by atomic mass is 15.0. The fraction of sp³-hybridized carbons (Fsp3) is 0.333. The van der Waals surface area contributed by atoms with Crippen LogP contribution in [-0.4, -0.2) is 9.97 Å². The predicted molar refractivity (Wildman–Crippen MR) is 76.9 cm³/mol. The number of rotatable bonds is 3. The van der Waals surface area contributed by atoms with Crippen molar-refractivity contribution in [1.82, 2.24) is 9.97 Å². The first-order valence-corrected chi connectivity index (χ1v) is 6.69. The van der Waals surface area contributed by atoms with Crippen LogP contribution >= 0.6 is 0 Å². The summed E-state index contributed by atoms with van der Waals surface area (Å²) in [5.41, 5.74) is 10.2. The van der Waals surface area contributed by atoms with Crippen LogP contribution in [0.3, 0.4) is 0 Å². The molecule has 0 spiro atoms. The molecule has 1 aliphatic rings. The number of nitrogens with zero attached hydrogens (tertiary/aromatic N) is 2. The molecule has 4 heteroatoms. The third-order valence-corrected chi connectivity index (χ3v) is 3.66. The molecule has 1 heterocycles. The maximum Gasteiger partial charge on any atom is 0.133 e. The summed E-state index contributed by atoms with van der Waals surface area (Å²) in [5.74, 6) is 0.979. The van der Waals surface area contributed by atoms with E-state index >= 15 is 0 Å². The molecular formula is C15H18N4. The van der Waals surface area contributed by atoms with Gasteiger partial charge in [-0.05, 0) is 43.9 Å². The summed E-state index contributed by atoms with van der Waals surface area (Å²) in [7, 11) is 0. The smallest absolute Gasteiger partial charge is 0.133 e. The fourth-order valence-corrected chi connectivity index (χ4v) is 2.56. The van der Waals surface area contributed by atoms with Gasteiger partial charge in [-0.3, -0.25) is 0 Å². The Morgan fingerprint density at radius 2 is 1.95 bits per heavy atom. The van der Waals surface area contributed by atoms with E-state index in [0.717, 1.165) is 24.3 Å². The van der Waals surface area contributed by atoms with Crippen molar-refractivity contribution in [2.45, 2.75) is 32.2 Å². The molecule has 3 N–H and O–H groups in total. The van der Waals surface area contributed by atoms with Gasteiger partial charge in [0.05, 0.1) is 0 Å². The molecule has 4 nitrogen and oxygen atoms in total. The Morgan fingerprint density at radius 1 is 1.16 bits per heavy atom. The van der Waals surface area contributed by atoms with Crippen LogP contribution in [0.25, 0.3) is 0 Å². The van der Waals surface area contributed by atoms with Crippen molar-refractivity contribution in [3.63, 3.8) is 0 Å². The SMILES string of the molecule is CC(Nc1ncnc2c1CCC2)c1ccc(N)cc1. The summed E-state index contributed by atoms with van der Waals surface area (Å²) in [5, 5.41) is 3.49. The standard InChI is InChI=1S/C15H18N4/c1-10(11-5-7-12(16)8-6-11)19-15-13-3-2-4-14(13)17-9-18-15/h5-10H,2-4,16H2,1H3,(H,17,18,19). The number of anilines is 2. The lowest BCUT2D eigenvalue weighted by molar-refractivity contribution is 0.863. The first-order chi connectivity index (χ1) is 9.24. The van der Waals surface area contributed by atoms with Crippen molar-refractivity contribution in [1.29, 1.82) is 0 Å². The molecule has 0 radical (unpaired) electrons. The number of nitrogens with one attached hydrogen (secondary N) is 1. The number of aryl methyl sites for hydroxylation is 1. The molecule has 19 heavy (non-hydrogen) atoms. The topological polar surface area (TPSA) is 63.8 Å². The van der Waals surface area contributed by atoms with Gasteiger partial charge >= 0.3 is 0 Å². The lowest BCUT2D eigenvalue weighted by atomic mass is 10.1. The van der Waals surface area contributed by atoms with Crippen molar-refractivity contribution in [2.24, 2.45) is 0 Å². The Bertz CT molecular complexity index is 577. The van der Waals surface area contributed by atoms with E-state index in [4.69, 9.17) is 5.73 Å². The quantitative estimate of drug-likeness (QED) is 0.827. The van der Waals surface area contributed by atoms with E-state index in [-0.39, 0.29) is 6.04 Å². The first kappa shape index (κ1) is 12.0. The van der Waals surface area contributed by atoms with Crippen molar-refractivity contribution < 1.29 is 0 Å². The highest BCUT2D eigenvalue weighted by molar-refractivity contribution is 5.50. The Morgan fingerprint density at radius 3 is 2.74 bits per heavy atom. The van der Waals surface area contributed by atoms with E-state index in [1.807, 2.05) is 12.1 Å². The van der Waals surface area contributed by atoms with Gasteiger partial charge in [0.1, 0.15) is 12.1 Å². The zero-order valence-corrected chi connectivity index (χ0v) is 11.1. The minimum Gasteiger partial charge on any atom is -0.399 e. The highest BCUT2D eigenvalue weighted by Crippen LogP contribution is 2.28. The van der Waals surface area contributed by atoms with Gasteiger partial charge in [0.15, 0.2) is 0 Å². The van der Waals surface area contributed by atoms with Crippen LogP contribution in [0.2, 0.25) is 0 Å². The number of benzene rings is 1. The Balaban J connectivity index is 1.82. The average Bonchev–Trinajstić information content (AvgIpc) is 2.89. The summed E-state index contributed by atoms with van der Waals surface area (Å²) in [4.78, 5) is 8.73. The molecule has 1 atom stereocenters. The summed E-state index contributed by atoms with van der Waals surface area (Å²) < 4.78 is 0. The number of hydrogen-bond acceptors (Lipinski definition) is 4. The zero-order valence-electron chi connectivity index (χ0n) is 11.1. The van der Waals surface area contributed by atoms with Crippen LogP contribution in [0.4, 0.5) is 11.5 Å². The Hall–Kier alpha value is -2.10. The normalized spacial score (nSPS) is 15.0. The third-order valence-electron chi connectivity index (χ3n) is 3.66. The summed E-state index contributed by atoms with van der Waals surface area (Å²) >= 11 is 0. The van der Waals surface area contributed by atoms with Crippen LogP contribution in [-0.2, 0) is 12.8 Å². The molecule has 1 aromatic heterocycles. The molecule has 0 saturated heterocycles. The maximum atomic E-state index is 5.71. The van der Waals surface area contributed by atoms with Crippen LogP contribution in [0.5, 0.6) is 0 Å². The average molecular weight is 254 g/mol. The van der Waals surface area contributed by atoms with E-state index in [9.17, 15) is 0 Å². The Kier molecular flexibility index (Phi) is 3.07. The lowest BCUT2D eigenvalue weighted by Gasteiger charge is -2.17. The maximum absolute atomic E-state index is 5.71. The zero-order chi connectivity index (χ0) is 13.2. The van der Waals surface area contributed by atoms with Crippen LogP contribution in [0, 0.1) is 0 Å². The number of fused-ring (bicyclic) bond motifs is 1. The van der Waals surface area contributed by atoms with Gasteiger partial charge in [-0.25, -0.2) is 9.97 Å². The monoisotopic (exact) mass is 254 g/mol. The van der Waals surface area contributed by atoms with Gasteiger partial charge in [-0.15, -0.1) is 0 Å². The van der Waals surface area contributed by atoms with Gasteiger partial charge in [-0.2, -0.15) is 0 Å². The van der Waals surface area contributed by atoms with Crippen LogP contribution in [0.1, 0.15) is 36.2 Å². The molecule has 0 amide bonds.